The van der Waals surface area contributed by atoms with E-state index in [2.05, 4.69) is 50.0 Å². The standard InChI is InChI=1S/C13H17NO.C2H6/c1-9(2)13-14-12(8-15-13)11-7-5-4-6-10(11)3;1-2/h4-7,9,12H,8H2,1-3H3;1-2H3. The van der Waals surface area contributed by atoms with Gasteiger partial charge in [-0.3, -0.25) is 0 Å². The second-order valence-electron chi connectivity index (χ2n) is 4.31. The van der Waals surface area contributed by atoms with Gasteiger partial charge in [0, 0.05) is 5.92 Å². The number of nitrogens with zero attached hydrogens (tertiary/aromatic N) is 1. The summed E-state index contributed by atoms with van der Waals surface area (Å²) in [6, 6.07) is 8.57. The minimum atomic E-state index is 0.198. The fourth-order valence-electron chi connectivity index (χ4n) is 1.83. The van der Waals surface area contributed by atoms with Gasteiger partial charge in [0.15, 0.2) is 5.90 Å². The normalized spacial score (nSPS) is 18.2. The van der Waals surface area contributed by atoms with Crippen molar-refractivity contribution >= 4 is 5.90 Å². The van der Waals surface area contributed by atoms with Crippen molar-refractivity contribution in [2.45, 2.75) is 40.7 Å². The van der Waals surface area contributed by atoms with Crippen molar-refractivity contribution in [3.63, 3.8) is 0 Å². The summed E-state index contributed by atoms with van der Waals surface area (Å²) in [6.07, 6.45) is 0. The zero-order valence-corrected chi connectivity index (χ0v) is 11.5. The molecule has 1 aromatic carbocycles. The topological polar surface area (TPSA) is 21.6 Å². The maximum Gasteiger partial charge on any atom is 0.186 e. The van der Waals surface area contributed by atoms with Crippen LogP contribution in [0.3, 0.4) is 0 Å². The Bertz CT molecular complexity index is 382. The van der Waals surface area contributed by atoms with Gasteiger partial charge in [0.25, 0.3) is 0 Å². The van der Waals surface area contributed by atoms with Gasteiger partial charge in [0.1, 0.15) is 12.6 Å². The molecule has 0 aromatic heterocycles. The van der Waals surface area contributed by atoms with Gasteiger partial charge >= 0.3 is 0 Å². The molecule has 0 radical (unpaired) electrons. The molecular formula is C15H23NO. The summed E-state index contributed by atoms with van der Waals surface area (Å²) in [5, 5.41) is 0. The van der Waals surface area contributed by atoms with Crippen molar-refractivity contribution in [2.24, 2.45) is 10.9 Å². The van der Waals surface area contributed by atoms with Crippen molar-refractivity contribution in [2.75, 3.05) is 6.61 Å². The second kappa shape index (κ2) is 6.43. The van der Waals surface area contributed by atoms with Gasteiger partial charge in [-0.25, -0.2) is 4.99 Å². The Labute approximate surface area is 105 Å². The van der Waals surface area contributed by atoms with E-state index in [4.69, 9.17) is 4.74 Å². The van der Waals surface area contributed by atoms with Crippen LogP contribution in [0.4, 0.5) is 0 Å². The largest absolute Gasteiger partial charge is 0.478 e. The molecule has 0 saturated heterocycles. The van der Waals surface area contributed by atoms with E-state index in [0.29, 0.717) is 12.5 Å². The maximum absolute atomic E-state index is 5.59. The first-order chi connectivity index (χ1) is 8.18. The lowest BCUT2D eigenvalue weighted by molar-refractivity contribution is 0.303. The first kappa shape index (κ1) is 13.8. The fourth-order valence-corrected chi connectivity index (χ4v) is 1.83. The Morgan fingerprint density at radius 2 is 1.88 bits per heavy atom. The van der Waals surface area contributed by atoms with E-state index in [-0.39, 0.29) is 6.04 Å². The fraction of sp³-hybridized carbons (Fsp3) is 0.533. The third kappa shape index (κ3) is 3.32. The van der Waals surface area contributed by atoms with E-state index < -0.39 is 0 Å². The predicted molar refractivity (Wildman–Crippen MR) is 73.5 cm³/mol. The Morgan fingerprint density at radius 1 is 1.24 bits per heavy atom. The third-order valence-electron chi connectivity index (χ3n) is 2.71. The molecule has 0 spiro atoms. The molecule has 0 amide bonds. The van der Waals surface area contributed by atoms with Gasteiger partial charge in [-0.05, 0) is 18.1 Å². The van der Waals surface area contributed by atoms with Crippen molar-refractivity contribution in [3.8, 4) is 0 Å². The highest BCUT2D eigenvalue weighted by Crippen LogP contribution is 2.27. The lowest BCUT2D eigenvalue weighted by Gasteiger charge is -2.08. The van der Waals surface area contributed by atoms with E-state index in [0.717, 1.165) is 5.90 Å². The first-order valence-corrected chi connectivity index (χ1v) is 6.44. The zero-order chi connectivity index (χ0) is 12.8. The molecule has 1 aliphatic heterocycles. The molecule has 1 aliphatic rings. The van der Waals surface area contributed by atoms with E-state index in [1.807, 2.05) is 13.8 Å². The molecule has 0 saturated carbocycles. The molecule has 0 aliphatic carbocycles. The molecule has 0 fully saturated rings. The molecule has 2 nitrogen and oxygen atoms in total. The third-order valence-corrected chi connectivity index (χ3v) is 2.71. The average molecular weight is 233 g/mol. The van der Waals surface area contributed by atoms with E-state index in [1.54, 1.807) is 0 Å². The van der Waals surface area contributed by atoms with Crippen molar-refractivity contribution in [1.29, 1.82) is 0 Å². The van der Waals surface area contributed by atoms with E-state index in [9.17, 15) is 0 Å². The summed E-state index contributed by atoms with van der Waals surface area (Å²) in [5.41, 5.74) is 2.58. The summed E-state index contributed by atoms with van der Waals surface area (Å²) in [4.78, 5) is 4.61. The summed E-state index contributed by atoms with van der Waals surface area (Å²) < 4.78 is 5.59. The SMILES string of the molecule is CC.Cc1ccccc1C1COC(C(C)C)=N1. The predicted octanol–water partition coefficient (Wildman–Crippen LogP) is 4.15. The van der Waals surface area contributed by atoms with Crippen LogP contribution in [0.1, 0.15) is 44.9 Å². The van der Waals surface area contributed by atoms with Gasteiger partial charge in [-0.2, -0.15) is 0 Å². The van der Waals surface area contributed by atoms with Crippen LogP contribution in [0.2, 0.25) is 0 Å². The van der Waals surface area contributed by atoms with Crippen LogP contribution in [0, 0.1) is 12.8 Å². The summed E-state index contributed by atoms with van der Waals surface area (Å²) in [5.74, 6) is 1.28. The van der Waals surface area contributed by atoms with Crippen molar-refractivity contribution in [1.82, 2.24) is 0 Å². The minimum Gasteiger partial charge on any atom is -0.478 e. The van der Waals surface area contributed by atoms with Crippen molar-refractivity contribution < 1.29 is 4.74 Å². The number of hydrogen-bond acceptors (Lipinski definition) is 2. The van der Waals surface area contributed by atoms with Gasteiger partial charge in [-0.1, -0.05) is 52.0 Å². The number of aliphatic imine (C=N–C) groups is 1. The second-order valence-corrected chi connectivity index (χ2v) is 4.31. The molecule has 2 rings (SSSR count). The Balaban J connectivity index is 0.000000686. The summed E-state index contributed by atoms with van der Waals surface area (Å²) in [6.45, 7) is 11.0. The molecule has 94 valence electrons. The van der Waals surface area contributed by atoms with Crippen LogP contribution in [0.25, 0.3) is 0 Å². The number of rotatable bonds is 2. The summed E-state index contributed by atoms with van der Waals surface area (Å²) in [7, 11) is 0. The minimum absolute atomic E-state index is 0.198. The number of aryl methyl sites for hydroxylation is 1. The summed E-state index contributed by atoms with van der Waals surface area (Å²) >= 11 is 0. The number of hydrogen-bond donors (Lipinski definition) is 0. The molecule has 0 bridgehead atoms. The molecule has 1 unspecified atom stereocenters. The lowest BCUT2D eigenvalue weighted by Crippen LogP contribution is -2.06. The Hall–Kier alpha value is -1.31. The van der Waals surface area contributed by atoms with Crippen LogP contribution in [0.15, 0.2) is 29.3 Å². The first-order valence-electron chi connectivity index (χ1n) is 6.44. The van der Waals surface area contributed by atoms with E-state index >= 15 is 0 Å². The van der Waals surface area contributed by atoms with Crippen LogP contribution in [-0.4, -0.2) is 12.5 Å². The van der Waals surface area contributed by atoms with Crippen LogP contribution < -0.4 is 0 Å². The molecule has 0 N–H and O–H groups in total. The zero-order valence-electron chi connectivity index (χ0n) is 11.5. The van der Waals surface area contributed by atoms with E-state index in [1.165, 1.54) is 11.1 Å². The maximum atomic E-state index is 5.59. The van der Waals surface area contributed by atoms with Gasteiger partial charge in [-0.15, -0.1) is 0 Å². The molecule has 2 heteroatoms. The van der Waals surface area contributed by atoms with Crippen molar-refractivity contribution in [3.05, 3.63) is 35.4 Å². The smallest absolute Gasteiger partial charge is 0.186 e. The Morgan fingerprint density at radius 3 is 2.41 bits per heavy atom. The Kier molecular flexibility index (Phi) is 5.20. The van der Waals surface area contributed by atoms with Gasteiger partial charge in [0.2, 0.25) is 0 Å². The highest BCUT2D eigenvalue weighted by molar-refractivity contribution is 5.79. The highest BCUT2D eigenvalue weighted by atomic mass is 16.5. The quantitative estimate of drug-likeness (QED) is 0.752. The van der Waals surface area contributed by atoms with Crippen LogP contribution in [-0.2, 0) is 4.74 Å². The lowest BCUT2D eigenvalue weighted by atomic mass is 10.0. The molecule has 1 atom stereocenters. The molecule has 1 aromatic rings. The van der Waals surface area contributed by atoms with Gasteiger partial charge in [0.05, 0.1) is 0 Å². The van der Waals surface area contributed by atoms with Gasteiger partial charge < -0.3 is 4.74 Å². The molecule has 17 heavy (non-hydrogen) atoms. The van der Waals surface area contributed by atoms with Crippen LogP contribution >= 0.6 is 0 Å². The highest BCUT2D eigenvalue weighted by Gasteiger charge is 2.22. The molecular weight excluding hydrogens is 210 g/mol. The van der Waals surface area contributed by atoms with Crippen LogP contribution in [0.5, 0.6) is 0 Å². The number of benzene rings is 1. The molecule has 1 heterocycles. The monoisotopic (exact) mass is 233 g/mol. The average Bonchev–Trinajstić information content (AvgIpc) is 2.82. The number of ether oxygens (including phenoxy) is 1.